The van der Waals surface area contributed by atoms with E-state index in [1.807, 2.05) is 72.8 Å². The second kappa shape index (κ2) is 8.78. The summed E-state index contributed by atoms with van der Waals surface area (Å²) in [5.41, 5.74) is 2.71. The van der Waals surface area contributed by atoms with E-state index in [0.717, 1.165) is 16.7 Å². The highest BCUT2D eigenvalue weighted by molar-refractivity contribution is 6.33. The summed E-state index contributed by atoms with van der Waals surface area (Å²) in [5, 5.41) is 7.18. The molecule has 1 aliphatic heterocycles. The highest BCUT2D eigenvalue weighted by Crippen LogP contribution is 2.36. The molecule has 0 bridgehead atoms. The molecule has 0 N–H and O–H groups in total. The monoisotopic (exact) mass is 423 g/mol. The van der Waals surface area contributed by atoms with Gasteiger partial charge in [0.15, 0.2) is 0 Å². The summed E-state index contributed by atoms with van der Waals surface area (Å²) in [6, 6.07) is 25.0. The van der Waals surface area contributed by atoms with Crippen molar-refractivity contribution < 1.29 is 4.79 Å². The Kier molecular flexibility index (Phi) is 5.95. The molecule has 6 heteroatoms. The third-order valence-electron chi connectivity index (χ3n) is 4.81. The molecule has 1 atom stereocenters. The number of hydrogen-bond acceptors (Lipinski definition) is 3. The summed E-state index contributed by atoms with van der Waals surface area (Å²) < 4.78 is 0. The standard InChI is InChI=1S/C23H19Cl2N3O/c24-20-12-6-4-10-18(20)14-26-28-22(29)16-27(15-17-8-2-1-3-9-17)23(28)19-11-5-7-13-21(19)25/h1-14,23H,15-16H2/b26-14-/t23-/m1/s1. The number of amides is 1. The van der Waals surface area contributed by atoms with Crippen molar-refractivity contribution in [3.8, 4) is 0 Å². The summed E-state index contributed by atoms with van der Waals surface area (Å²) in [7, 11) is 0. The van der Waals surface area contributed by atoms with E-state index in [1.165, 1.54) is 5.01 Å². The second-order valence-electron chi connectivity index (χ2n) is 6.79. The van der Waals surface area contributed by atoms with Crippen LogP contribution in [-0.4, -0.2) is 28.6 Å². The molecule has 0 saturated carbocycles. The molecule has 0 spiro atoms. The van der Waals surface area contributed by atoms with Gasteiger partial charge in [0.2, 0.25) is 0 Å². The number of hydrazone groups is 1. The van der Waals surface area contributed by atoms with Gasteiger partial charge in [-0.3, -0.25) is 9.69 Å². The Bertz CT molecular complexity index is 1040. The van der Waals surface area contributed by atoms with Gasteiger partial charge < -0.3 is 0 Å². The molecule has 1 heterocycles. The Morgan fingerprint density at radius 3 is 2.28 bits per heavy atom. The normalized spacial score (nSPS) is 17.4. The van der Waals surface area contributed by atoms with Gasteiger partial charge in [0, 0.05) is 27.7 Å². The molecule has 0 unspecified atom stereocenters. The molecule has 1 aliphatic rings. The van der Waals surface area contributed by atoms with E-state index >= 15 is 0 Å². The van der Waals surface area contributed by atoms with E-state index in [9.17, 15) is 4.79 Å². The smallest absolute Gasteiger partial charge is 0.258 e. The molecule has 4 rings (SSSR count). The van der Waals surface area contributed by atoms with Gasteiger partial charge in [0.05, 0.1) is 12.8 Å². The maximum atomic E-state index is 12.9. The number of halogens is 2. The SMILES string of the molecule is O=C1CN(Cc2ccccc2)[C@@H](c2ccccc2Cl)N1/N=C\c1ccccc1Cl. The number of hydrogen-bond donors (Lipinski definition) is 0. The summed E-state index contributed by atoms with van der Waals surface area (Å²) in [5.74, 6) is -0.0887. The van der Waals surface area contributed by atoms with Crippen molar-refractivity contribution in [3.63, 3.8) is 0 Å². The summed E-state index contributed by atoms with van der Waals surface area (Å²) in [6.45, 7) is 0.866. The van der Waals surface area contributed by atoms with Crippen LogP contribution in [0.5, 0.6) is 0 Å². The Morgan fingerprint density at radius 2 is 1.55 bits per heavy atom. The minimum atomic E-state index is -0.393. The predicted molar refractivity (Wildman–Crippen MR) is 117 cm³/mol. The van der Waals surface area contributed by atoms with Crippen LogP contribution in [0.25, 0.3) is 0 Å². The van der Waals surface area contributed by atoms with Crippen molar-refractivity contribution in [1.29, 1.82) is 0 Å². The van der Waals surface area contributed by atoms with Crippen LogP contribution in [-0.2, 0) is 11.3 Å². The van der Waals surface area contributed by atoms with Crippen LogP contribution >= 0.6 is 23.2 Å². The minimum Gasteiger partial charge on any atom is -0.271 e. The lowest BCUT2D eigenvalue weighted by molar-refractivity contribution is -0.128. The second-order valence-corrected chi connectivity index (χ2v) is 7.60. The van der Waals surface area contributed by atoms with Crippen molar-refractivity contribution >= 4 is 35.3 Å². The summed E-state index contributed by atoms with van der Waals surface area (Å²) >= 11 is 12.7. The van der Waals surface area contributed by atoms with Gasteiger partial charge in [-0.25, -0.2) is 5.01 Å². The maximum absolute atomic E-state index is 12.9. The van der Waals surface area contributed by atoms with Crippen LogP contribution < -0.4 is 0 Å². The summed E-state index contributed by atoms with van der Waals surface area (Å²) in [4.78, 5) is 14.9. The number of carbonyl (C=O) groups is 1. The average Bonchev–Trinajstić information content (AvgIpc) is 3.03. The first kappa shape index (κ1) is 19.6. The van der Waals surface area contributed by atoms with Gasteiger partial charge in [-0.1, -0.05) is 89.9 Å². The van der Waals surface area contributed by atoms with Gasteiger partial charge in [-0.2, -0.15) is 5.10 Å². The molecule has 4 nitrogen and oxygen atoms in total. The van der Waals surface area contributed by atoms with Crippen molar-refractivity contribution in [3.05, 3.63) is 106 Å². The Hall–Kier alpha value is -2.66. The third-order valence-corrected chi connectivity index (χ3v) is 5.50. The van der Waals surface area contributed by atoms with Crippen LogP contribution in [0.15, 0.2) is 84.0 Å². The minimum absolute atomic E-state index is 0.0887. The van der Waals surface area contributed by atoms with Crippen molar-refractivity contribution in [2.24, 2.45) is 5.10 Å². The first-order chi connectivity index (χ1) is 14.1. The molecule has 1 amide bonds. The lowest BCUT2D eigenvalue weighted by Gasteiger charge is -2.28. The Morgan fingerprint density at radius 1 is 0.897 bits per heavy atom. The maximum Gasteiger partial charge on any atom is 0.258 e. The average molecular weight is 424 g/mol. The zero-order valence-electron chi connectivity index (χ0n) is 15.6. The number of nitrogens with zero attached hydrogens (tertiary/aromatic N) is 3. The van der Waals surface area contributed by atoms with E-state index in [2.05, 4.69) is 10.0 Å². The van der Waals surface area contributed by atoms with Crippen molar-refractivity contribution in [2.75, 3.05) is 6.54 Å². The molecule has 0 aromatic heterocycles. The van der Waals surface area contributed by atoms with E-state index in [4.69, 9.17) is 23.2 Å². The van der Waals surface area contributed by atoms with Crippen LogP contribution in [0.3, 0.4) is 0 Å². The molecule has 29 heavy (non-hydrogen) atoms. The molecule has 0 radical (unpaired) electrons. The van der Waals surface area contributed by atoms with Gasteiger partial charge in [-0.15, -0.1) is 0 Å². The predicted octanol–water partition coefficient (Wildman–Crippen LogP) is 5.37. The fourth-order valence-electron chi connectivity index (χ4n) is 3.43. The molecule has 1 saturated heterocycles. The molecular formula is C23H19Cl2N3O. The number of rotatable bonds is 5. The molecule has 146 valence electrons. The van der Waals surface area contributed by atoms with Gasteiger partial charge in [0.25, 0.3) is 5.91 Å². The van der Waals surface area contributed by atoms with Gasteiger partial charge in [-0.05, 0) is 17.7 Å². The van der Waals surface area contributed by atoms with Crippen LogP contribution in [0, 0.1) is 0 Å². The van der Waals surface area contributed by atoms with E-state index in [1.54, 1.807) is 12.3 Å². The zero-order chi connectivity index (χ0) is 20.2. The van der Waals surface area contributed by atoms with Gasteiger partial charge in [0.1, 0.15) is 6.17 Å². The van der Waals surface area contributed by atoms with Crippen molar-refractivity contribution in [1.82, 2.24) is 9.91 Å². The van der Waals surface area contributed by atoms with Crippen LogP contribution in [0.1, 0.15) is 22.9 Å². The molecule has 1 fully saturated rings. The molecule has 3 aromatic carbocycles. The highest BCUT2D eigenvalue weighted by Gasteiger charge is 2.39. The largest absolute Gasteiger partial charge is 0.271 e. The highest BCUT2D eigenvalue weighted by atomic mass is 35.5. The molecule has 0 aliphatic carbocycles. The van der Waals surface area contributed by atoms with E-state index < -0.39 is 6.17 Å². The van der Waals surface area contributed by atoms with Crippen molar-refractivity contribution in [2.45, 2.75) is 12.7 Å². The first-order valence-corrected chi connectivity index (χ1v) is 10.0. The number of carbonyl (C=O) groups excluding carboxylic acids is 1. The first-order valence-electron chi connectivity index (χ1n) is 9.26. The number of benzene rings is 3. The lowest BCUT2D eigenvalue weighted by Crippen LogP contribution is -2.29. The van der Waals surface area contributed by atoms with E-state index in [0.29, 0.717) is 16.6 Å². The topological polar surface area (TPSA) is 35.9 Å². The fraction of sp³-hybridized carbons (Fsp3) is 0.130. The van der Waals surface area contributed by atoms with Crippen LogP contribution in [0.4, 0.5) is 0 Å². The Balaban J connectivity index is 1.70. The quantitative estimate of drug-likeness (QED) is 0.517. The molecular weight excluding hydrogens is 405 g/mol. The molecule has 3 aromatic rings. The lowest BCUT2D eigenvalue weighted by atomic mass is 10.1. The fourth-order valence-corrected chi connectivity index (χ4v) is 3.85. The van der Waals surface area contributed by atoms with E-state index in [-0.39, 0.29) is 12.5 Å². The Labute approximate surface area is 180 Å². The third kappa shape index (κ3) is 4.35. The van der Waals surface area contributed by atoms with Gasteiger partial charge >= 0.3 is 0 Å². The van der Waals surface area contributed by atoms with Crippen LogP contribution in [0.2, 0.25) is 10.0 Å². The summed E-state index contributed by atoms with van der Waals surface area (Å²) in [6.07, 6.45) is 1.23. The zero-order valence-corrected chi connectivity index (χ0v) is 17.1.